The summed E-state index contributed by atoms with van der Waals surface area (Å²) in [5.74, 6) is -0.940. The number of amides is 2. The molecule has 8 nitrogen and oxygen atoms in total. The summed E-state index contributed by atoms with van der Waals surface area (Å²) in [7, 11) is 3.29. The standard InChI is InChI=1S/C23H25FN4O4S/c1-14-19(21(29)32-11-10-31-3)20(27-23(33)28(14)2)15-6-4-8-17(12-15)25-22(30)26-18-9-5-7-16(24)13-18/h4-9,12-13,20H,10-11H2,1-3H3,(H,27,33)(H2,25,26,30)/t20-/m1/s1. The number of esters is 1. The summed E-state index contributed by atoms with van der Waals surface area (Å²) >= 11 is 5.41. The van der Waals surface area contributed by atoms with Gasteiger partial charge in [0.05, 0.1) is 18.2 Å². The van der Waals surface area contributed by atoms with E-state index in [2.05, 4.69) is 16.0 Å². The van der Waals surface area contributed by atoms with Crippen LogP contribution in [0.15, 0.2) is 59.8 Å². The Hall–Kier alpha value is -3.50. The zero-order valence-corrected chi connectivity index (χ0v) is 19.3. The number of nitrogens with one attached hydrogen (secondary N) is 3. The third-order valence-electron chi connectivity index (χ3n) is 5.05. The molecule has 3 rings (SSSR count). The van der Waals surface area contributed by atoms with Crippen LogP contribution < -0.4 is 16.0 Å². The molecule has 0 aliphatic carbocycles. The van der Waals surface area contributed by atoms with Crippen molar-refractivity contribution in [2.24, 2.45) is 0 Å². The average Bonchev–Trinajstić information content (AvgIpc) is 2.77. The number of methoxy groups -OCH3 is 1. The van der Waals surface area contributed by atoms with Crippen molar-refractivity contribution in [3.05, 3.63) is 71.2 Å². The van der Waals surface area contributed by atoms with Crippen molar-refractivity contribution in [2.75, 3.05) is 38.0 Å². The van der Waals surface area contributed by atoms with E-state index < -0.39 is 23.9 Å². The van der Waals surface area contributed by atoms with Crippen molar-refractivity contribution in [1.82, 2.24) is 10.2 Å². The van der Waals surface area contributed by atoms with Gasteiger partial charge in [0.2, 0.25) is 0 Å². The van der Waals surface area contributed by atoms with Gasteiger partial charge in [-0.3, -0.25) is 0 Å². The van der Waals surface area contributed by atoms with Crippen LogP contribution in [0.5, 0.6) is 0 Å². The van der Waals surface area contributed by atoms with E-state index in [1.165, 1.54) is 25.3 Å². The lowest BCUT2D eigenvalue weighted by Crippen LogP contribution is -2.46. The van der Waals surface area contributed by atoms with E-state index in [4.69, 9.17) is 21.7 Å². The molecular formula is C23H25FN4O4S. The van der Waals surface area contributed by atoms with Gasteiger partial charge in [0.25, 0.3) is 0 Å². The fraction of sp³-hybridized carbons (Fsp3) is 0.261. The minimum atomic E-state index is -0.572. The maximum atomic E-state index is 13.4. The van der Waals surface area contributed by atoms with Gasteiger partial charge in [-0.2, -0.15) is 0 Å². The highest BCUT2D eigenvalue weighted by atomic mass is 32.1. The van der Waals surface area contributed by atoms with E-state index in [9.17, 15) is 14.0 Å². The average molecular weight is 473 g/mol. The number of thiocarbonyl (C=S) groups is 1. The van der Waals surface area contributed by atoms with Crippen molar-refractivity contribution in [1.29, 1.82) is 0 Å². The van der Waals surface area contributed by atoms with Gasteiger partial charge >= 0.3 is 12.0 Å². The quantitative estimate of drug-likeness (QED) is 0.321. The van der Waals surface area contributed by atoms with Crippen molar-refractivity contribution < 1.29 is 23.5 Å². The summed E-state index contributed by atoms with van der Waals surface area (Å²) in [6.07, 6.45) is 0. The van der Waals surface area contributed by atoms with Gasteiger partial charge in [0, 0.05) is 31.2 Å². The summed E-state index contributed by atoms with van der Waals surface area (Å²) in [4.78, 5) is 26.9. The largest absolute Gasteiger partial charge is 0.460 e. The first-order valence-electron chi connectivity index (χ1n) is 10.1. The first-order valence-corrected chi connectivity index (χ1v) is 10.6. The maximum absolute atomic E-state index is 13.4. The molecular weight excluding hydrogens is 447 g/mol. The zero-order valence-electron chi connectivity index (χ0n) is 18.5. The molecule has 1 aliphatic heterocycles. The predicted octanol–water partition coefficient (Wildman–Crippen LogP) is 3.79. The lowest BCUT2D eigenvalue weighted by molar-refractivity contribution is -0.140. The molecule has 0 spiro atoms. The van der Waals surface area contributed by atoms with Crippen LogP contribution >= 0.6 is 12.2 Å². The Morgan fingerprint density at radius 3 is 2.45 bits per heavy atom. The fourth-order valence-electron chi connectivity index (χ4n) is 3.30. The van der Waals surface area contributed by atoms with Crippen molar-refractivity contribution in [2.45, 2.75) is 13.0 Å². The fourth-order valence-corrected chi connectivity index (χ4v) is 3.56. The Bertz CT molecular complexity index is 1090. The topological polar surface area (TPSA) is 91.9 Å². The molecule has 1 atom stereocenters. The molecule has 0 aromatic heterocycles. The molecule has 0 bridgehead atoms. The summed E-state index contributed by atoms with van der Waals surface area (Å²) in [6, 6.07) is 11.5. The minimum absolute atomic E-state index is 0.120. The van der Waals surface area contributed by atoms with E-state index >= 15 is 0 Å². The zero-order chi connectivity index (χ0) is 24.0. The summed E-state index contributed by atoms with van der Waals surface area (Å²) < 4.78 is 23.7. The van der Waals surface area contributed by atoms with Crippen LogP contribution in [0.25, 0.3) is 0 Å². The van der Waals surface area contributed by atoms with Gasteiger partial charge in [-0.15, -0.1) is 0 Å². The predicted molar refractivity (Wildman–Crippen MR) is 127 cm³/mol. The van der Waals surface area contributed by atoms with E-state index in [1.54, 1.807) is 43.1 Å². The number of rotatable bonds is 7. The molecule has 0 saturated carbocycles. The van der Waals surface area contributed by atoms with E-state index in [-0.39, 0.29) is 13.2 Å². The molecule has 33 heavy (non-hydrogen) atoms. The number of ether oxygens (including phenoxy) is 2. The first kappa shape index (κ1) is 24.1. The number of urea groups is 1. The molecule has 174 valence electrons. The highest BCUT2D eigenvalue weighted by molar-refractivity contribution is 7.80. The molecule has 1 aliphatic rings. The smallest absolute Gasteiger partial charge is 0.338 e. The second kappa shape index (κ2) is 10.9. The molecule has 1 heterocycles. The van der Waals surface area contributed by atoms with Gasteiger partial charge in [0.1, 0.15) is 12.4 Å². The number of nitrogens with zero attached hydrogens (tertiary/aromatic N) is 1. The lowest BCUT2D eigenvalue weighted by atomic mass is 9.95. The van der Waals surface area contributed by atoms with Crippen LogP contribution in [0, 0.1) is 5.82 Å². The molecule has 10 heteroatoms. The Morgan fingerprint density at radius 1 is 1.12 bits per heavy atom. The SMILES string of the molecule is COCCOC(=O)C1=C(C)N(C)C(=S)N[C@@H]1c1cccc(NC(=O)Nc2cccc(F)c2)c1. The summed E-state index contributed by atoms with van der Waals surface area (Å²) in [5, 5.41) is 8.90. The highest BCUT2D eigenvalue weighted by Crippen LogP contribution is 2.32. The monoisotopic (exact) mass is 472 g/mol. The number of hydrogen-bond acceptors (Lipinski definition) is 5. The molecule has 2 aromatic rings. The lowest BCUT2D eigenvalue weighted by Gasteiger charge is -2.35. The second-order valence-electron chi connectivity index (χ2n) is 7.28. The minimum Gasteiger partial charge on any atom is -0.460 e. The number of carbonyl (C=O) groups is 2. The van der Waals surface area contributed by atoms with Gasteiger partial charge in [-0.25, -0.2) is 14.0 Å². The van der Waals surface area contributed by atoms with Crippen LogP contribution in [0.3, 0.4) is 0 Å². The third-order valence-corrected chi connectivity index (χ3v) is 5.45. The van der Waals surface area contributed by atoms with Gasteiger partial charge in [-0.05, 0) is 55.0 Å². The van der Waals surface area contributed by atoms with Crippen molar-refractivity contribution in [3.8, 4) is 0 Å². The number of hydrogen-bond donors (Lipinski definition) is 3. The van der Waals surface area contributed by atoms with E-state index in [1.807, 2.05) is 6.07 Å². The number of carbonyl (C=O) groups excluding carboxylic acids is 2. The second-order valence-corrected chi connectivity index (χ2v) is 7.67. The van der Waals surface area contributed by atoms with E-state index in [0.717, 1.165) is 0 Å². The molecule has 0 unspecified atom stereocenters. The summed E-state index contributed by atoms with van der Waals surface area (Å²) in [6.45, 7) is 2.20. The van der Waals surface area contributed by atoms with Crippen molar-refractivity contribution >= 4 is 40.7 Å². The normalized spacial score (nSPS) is 15.7. The number of anilines is 2. The molecule has 0 saturated heterocycles. The number of allylic oxidation sites excluding steroid dienone is 1. The van der Waals surface area contributed by atoms with Gasteiger partial charge in [0.15, 0.2) is 5.11 Å². The molecule has 3 N–H and O–H groups in total. The Kier molecular flexibility index (Phi) is 7.96. The Morgan fingerprint density at radius 2 is 1.79 bits per heavy atom. The van der Waals surface area contributed by atoms with E-state index in [0.29, 0.717) is 33.3 Å². The molecule has 2 amide bonds. The molecule has 0 radical (unpaired) electrons. The van der Waals surface area contributed by atoms with Gasteiger partial charge in [-0.1, -0.05) is 18.2 Å². The van der Waals surface area contributed by atoms with Crippen LogP contribution in [-0.4, -0.2) is 49.4 Å². The first-order chi connectivity index (χ1) is 15.8. The van der Waals surface area contributed by atoms with Gasteiger partial charge < -0.3 is 30.3 Å². The van der Waals surface area contributed by atoms with Crippen LogP contribution in [0.1, 0.15) is 18.5 Å². The van der Waals surface area contributed by atoms with Crippen molar-refractivity contribution in [3.63, 3.8) is 0 Å². The number of benzene rings is 2. The van der Waals surface area contributed by atoms with Crippen LogP contribution in [-0.2, 0) is 14.3 Å². The number of halogens is 1. The van der Waals surface area contributed by atoms with Crippen LogP contribution in [0.2, 0.25) is 0 Å². The maximum Gasteiger partial charge on any atom is 0.338 e. The highest BCUT2D eigenvalue weighted by Gasteiger charge is 2.33. The molecule has 2 aromatic carbocycles. The summed E-state index contributed by atoms with van der Waals surface area (Å²) in [5.41, 5.74) is 2.58. The molecule has 0 fully saturated rings. The third kappa shape index (κ3) is 6.05. The Balaban J connectivity index is 1.82. The van der Waals surface area contributed by atoms with Crippen LogP contribution in [0.4, 0.5) is 20.6 Å². The Labute approximate surface area is 196 Å².